The summed E-state index contributed by atoms with van der Waals surface area (Å²) in [5, 5.41) is 0. The van der Waals surface area contributed by atoms with E-state index >= 15 is 0 Å². The average molecular weight is 289 g/mol. The fourth-order valence-electron chi connectivity index (χ4n) is 1.45. The van der Waals surface area contributed by atoms with E-state index in [0.29, 0.717) is 5.56 Å². The van der Waals surface area contributed by atoms with E-state index in [9.17, 15) is 17.6 Å². The number of aryl methyl sites for hydroxylation is 1. The largest absolute Gasteiger partial charge is 0.469 e. The third-order valence-corrected chi connectivity index (χ3v) is 4.10. The Labute approximate surface area is 111 Å². The van der Waals surface area contributed by atoms with Crippen molar-refractivity contribution in [3.05, 3.63) is 29.6 Å². The predicted octanol–water partition coefficient (Wildman–Crippen LogP) is 1.36. The van der Waals surface area contributed by atoms with Crippen LogP contribution >= 0.6 is 0 Å². The van der Waals surface area contributed by atoms with Gasteiger partial charge in [-0.2, -0.15) is 0 Å². The molecule has 106 valence electrons. The number of halogens is 1. The average Bonchev–Trinajstić information content (AvgIpc) is 2.31. The smallest absolute Gasteiger partial charge is 0.307 e. The number of nitrogens with one attached hydrogen (secondary N) is 1. The van der Waals surface area contributed by atoms with Gasteiger partial charge in [-0.05, 0) is 31.5 Å². The first-order valence-electron chi connectivity index (χ1n) is 5.61. The van der Waals surface area contributed by atoms with E-state index in [1.165, 1.54) is 26.2 Å². The molecule has 5 nitrogen and oxygen atoms in total. The van der Waals surface area contributed by atoms with Gasteiger partial charge in [0.25, 0.3) is 0 Å². The van der Waals surface area contributed by atoms with Crippen LogP contribution in [0, 0.1) is 12.7 Å². The zero-order chi connectivity index (χ0) is 14.6. The summed E-state index contributed by atoms with van der Waals surface area (Å²) in [4.78, 5) is 10.9. The third-order valence-electron chi connectivity index (χ3n) is 2.51. The zero-order valence-corrected chi connectivity index (χ0v) is 11.8. The van der Waals surface area contributed by atoms with E-state index in [1.807, 2.05) is 0 Å². The highest BCUT2D eigenvalue weighted by Crippen LogP contribution is 2.14. The van der Waals surface area contributed by atoms with Gasteiger partial charge in [-0.1, -0.05) is 6.07 Å². The predicted molar refractivity (Wildman–Crippen MR) is 67.6 cm³/mol. The Balaban J connectivity index is 2.86. The normalized spacial score (nSPS) is 13.1. The lowest BCUT2D eigenvalue weighted by molar-refractivity contribution is -0.140. The standard InChI is InChI=1S/C12H16FNO4S/c1-8-4-5-10(7-11(8)13)19(16,17)14-9(2)6-12(15)18-3/h4-5,7,9,14H,6H2,1-3H3. The van der Waals surface area contributed by atoms with Gasteiger partial charge >= 0.3 is 5.97 Å². The van der Waals surface area contributed by atoms with Crippen LogP contribution in [0.25, 0.3) is 0 Å². The van der Waals surface area contributed by atoms with Gasteiger partial charge in [0.05, 0.1) is 18.4 Å². The second kappa shape index (κ2) is 6.12. The van der Waals surface area contributed by atoms with Crippen molar-refractivity contribution < 1.29 is 22.3 Å². The first kappa shape index (κ1) is 15.6. The molecule has 0 amide bonds. The Morgan fingerprint density at radius 1 is 1.47 bits per heavy atom. The Bertz CT molecular complexity index is 571. The fourth-order valence-corrected chi connectivity index (χ4v) is 2.70. The molecule has 0 heterocycles. The van der Waals surface area contributed by atoms with Gasteiger partial charge in [-0.15, -0.1) is 0 Å². The Hall–Kier alpha value is -1.47. The van der Waals surface area contributed by atoms with Crippen molar-refractivity contribution in [1.82, 2.24) is 4.72 Å². The highest BCUT2D eigenvalue weighted by molar-refractivity contribution is 7.89. The molecule has 1 unspecified atom stereocenters. The molecule has 0 spiro atoms. The minimum absolute atomic E-state index is 0.0932. The number of hydrogen-bond acceptors (Lipinski definition) is 4. The molecule has 1 atom stereocenters. The van der Waals surface area contributed by atoms with Crippen molar-refractivity contribution in [2.24, 2.45) is 0 Å². The molecule has 1 rings (SSSR count). The highest BCUT2D eigenvalue weighted by atomic mass is 32.2. The topological polar surface area (TPSA) is 72.5 Å². The van der Waals surface area contributed by atoms with Gasteiger partial charge in [-0.25, -0.2) is 17.5 Å². The summed E-state index contributed by atoms with van der Waals surface area (Å²) in [5.41, 5.74) is 0.363. The number of esters is 1. The number of sulfonamides is 1. The Morgan fingerprint density at radius 3 is 2.63 bits per heavy atom. The number of carbonyl (C=O) groups is 1. The first-order valence-corrected chi connectivity index (χ1v) is 7.10. The first-order chi connectivity index (χ1) is 8.76. The van der Waals surface area contributed by atoms with Crippen LogP contribution in [-0.2, 0) is 19.6 Å². The van der Waals surface area contributed by atoms with Gasteiger partial charge in [0.1, 0.15) is 5.82 Å². The molecule has 0 aromatic heterocycles. The fraction of sp³-hybridized carbons (Fsp3) is 0.417. The lowest BCUT2D eigenvalue weighted by Crippen LogP contribution is -2.34. The van der Waals surface area contributed by atoms with Gasteiger partial charge in [0, 0.05) is 6.04 Å². The number of rotatable bonds is 5. The van der Waals surface area contributed by atoms with Crippen molar-refractivity contribution in [2.45, 2.75) is 31.2 Å². The highest BCUT2D eigenvalue weighted by Gasteiger charge is 2.20. The SMILES string of the molecule is COC(=O)CC(C)NS(=O)(=O)c1ccc(C)c(F)c1. The third kappa shape index (κ3) is 4.29. The van der Waals surface area contributed by atoms with Crippen LogP contribution in [0.15, 0.2) is 23.1 Å². The summed E-state index contributed by atoms with van der Waals surface area (Å²) < 4.78 is 44.0. The van der Waals surface area contributed by atoms with Crippen LogP contribution in [-0.4, -0.2) is 27.5 Å². The molecule has 0 aliphatic rings. The summed E-state index contributed by atoms with van der Waals surface area (Å²) >= 11 is 0. The molecule has 7 heteroatoms. The van der Waals surface area contributed by atoms with E-state index in [-0.39, 0.29) is 11.3 Å². The number of carbonyl (C=O) groups excluding carboxylic acids is 1. The summed E-state index contributed by atoms with van der Waals surface area (Å²) in [6, 6.07) is 3.00. The number of hydrogen-bond donors (Lipinski definition) is 1. The van der Waals surface area contributed by atoms with Crippen LogP contribution < -0.4 is 4.72 Å². The van der Waals surface area contributed by atoms with Crippen LogP contribution in [0.2, 0.25) is 0 Å². The van der Waals surface area contributed by atoms with Crippen LogP contribution in [0.3, 0.4) is 0 Å². The van der Waals surface area contributed by atoms with Gasteiger partial charge < -0.3 is 4.74 Å². The minimum Gasteiger partial charge on any atom is -0.469 e. The second-order valence-electron chi connectivity index (χ2n) is 4.21. The monoisotopic (exact) mass is 289 g/mol. The Morgan fingerprint density at radius 2 is 2.11 bits per heavy atom. The van der Waals surface area contributed by atoms with E-state index < -0.39 is 27.9 Å². The summed E-state index contributed by atoms with van der Waals surface area (Å²) in [5.74, 6) is -1.12. The van der Waals surface area contributed by atoms with E-state index in [2.05, 4.69) is 9.46 Å². The molecule has 0 saturated carbocycles. The lowest BCUT2D eigenvalue weighted by atomic mass is 10.2. The molecule has 0 radical (unpaired) electrons. The molecule has 0 aliphatic heterocycles. The molecule has 0 fully saturated rings. The van der Waals surface area contributed by atoms with E-state index in [4.69, 9.17) is 0 Å². The summed E-state index contributed by atoms with van der Waals surface area (Å²) in [6.07, 6.45) is -0.0932. The maximum Gasteiger partial charge on any atom is 0.307 e. The maximum atomic E-state index is 13.3. The zero-order valence-electron chi connectivity index (χ0n) is 10.9. The van der Waals surface area contributed by atoms with Crippen molar-refractivity contribution in [3.63, 3.8) is 0 Å². The number of methoxy groups -OCH3 is 1. The number of ether oxygens (including phenoxy) is 1. The van der Waals surface area contributed by atoms with Crippen LogP contribution in [0.4, 0.5) is 4.39 Å². The quantitative estimate of drug-likeness (QED) is 0.831. The molecule has 1 N–H and O–H groups in total. The van der Waals surface area contributed by atoms with Gasteiger partial charge in [0.2, 0.25) is 10.0 Å². The molecule has 1 aromatic rings. The van der Waals surface area contributed by atoms with Gasteiger partial charge in [-0.3, -0.25) is 4.79 Å². The molecule has 19 heavy (non-hydrogen) atoms. The van der Waals surface area contributed by atoms with Crippen LogP contribution in [0.5, 0.6) is 0 Å². The van der Waals surface area contributed by atoms with Crippen molar-refractivity contribution >= 4 is 16.0 Å². The van der Waals surface area contributed by atoms with Crippen molar-refractivity contribution in [2.75, 3.05) is 7.11 Å². The molecule has 1 aromatic carbocycles. The van der Waals surface area contributed by atoms with Crippen molar-refractivity contribution in [1.29, 1.82) is 0 Å². The van der Waals surface area contributed by atoms with Gasteiger partial charge in [0.15, 0.2) is 0 Å². The molecular weight excluding hydrogens is 273 g/mol. The number of benzene rings is 1. The molecule has 0 aliphatic carbocycles. The maximum absolute atomic E-state index is 13.3. The molecule has 0 saturated heterocycles. The second-order valence-corrected chi connectivity index (χ2v) is 5.93. The van der Waals surface area contributed by atoms with Crippen molar-refractivity contribution in [3.8, 4) is 0 Å². The summed E-state index contributed by atoms with van der Waals surface area (Å²) in [6.45, 7) is 3.07. The van der Waals surface area contributed by atoms with E-state index in [1.54, 1.807) is 6.92 Å². The van der Waals surface area contributed by atoms with Crippen LogP contribution in [0.1, 0.15) is 18.9 Å². The Kier molecular flexibility index (Phi) is 5.02. The van der Waals surface area contributed by atoms with E-state index in [0.717, 1.165) is 6.07 Å². The minimum atomic E-state index is -3.85. The lowest BCUT2D eigenvalue weighted by Gasteiger charge is -2.13. The summed E-state index contributed by atoms with van der Waals surface area (Å²) in [7, 11) is -2.63. The molecular formula is C12H16FNO4S. The molecule has 0 bridgehead atoms.